The van der Waals surface area contributed by atoms with Crippen LogP contribution in [-0.2, 0) is 16.1 Å². The van der Waals surface area contributed by atoms with E-state index in [4.69, 9.17) is 13.9 Å². The van der Waals surface area contributed by atoms with Crippen molar-refractivity contribution in [1.29, 1.82) is 0 Å². The molecule has 37 heavy (non-hydrogen) atoms. The van der Waals surface area contributed by atoms with E-state index in [2.05, 4.69) is 17.0 Å². The zero-order valence-electron chi connectivity index (χ0n) is 20.9. The highest BCUT2D eigenvalue weighted by atomic mass is 16.5. The zero-order valence-corrected chi connectivity index (χ0v) is 20.9. The molecule has 0 spiro atoms. The molecule has 0 saturated carbocycles. The predicted molar refractivity (Wildman–Crippen MR) is 137 cm³/mol. The molecule has 1 atom stereocenters. The number of aliphatic hydroxyl groups excluding tert-OH is 1. The van der Waals surface area contributed by atoms with Crippen molar-refractivity contribution in [1.82, 2.24) is 9.80 Å². The number of furan rings is 1. The van der Waals surface area contributed by atoms with Gasteiger partial charge in [0.15, 0.2) is 0 Å². The highest BCUT2D eigenvalue weighted by molar-refractivity contribution is 6.46. The number of aliphatic hydroxyl groups is 1. The van der Waals surface area contributed by atoms with Gasteiger partial charge >= 0.3 is 0 Å². The molecule has 1 aromatic heterocycles. The summed E-state index contributed by atoms with van der Waals surface area (Å²) in [6.07, 6.45) is 2.92. The first-order chi connectivity index (χ1) is 18.0. The minimum Gasteiger partial charge on any atom is -0.507 e. The van der Waals surface area contributed by atoms with Crippen LogP contribution in [0.2, 0.25) is 0 Å². The molecule has 2 saturated heterocycles. The summed E-state index contributed by atoms with van der Waals surface area (Å²) < 4.78 is 16.4. The molecule has 1 N–H and O–H groups in total. The van der Waals surface area contributed by atoms with Crippen molar-refractivity contribution in [2.45, 2.75) is 31.5 Å². The molecule has 2 fully saturated rings. The van der Waals surface area contributed by atoms with Gasteiger partial charge in [-0.1, -0.05) is 30.3 Å². The van der Waals surface area contributed by atoms with Crippen LogP contribution >= 0.6 is 0 Å². The smallest absolute Gasteiger partial charge is 0.296 e. The van der Waals surface area contributed by atoms with Crippen LogP contribution in [-0.4, -0.2) is 59.9 Å². The first-order valence-corrected chi connectivity index (χ1v) is 12.3. The lowest BCUT2D eigenvalue weighted by Crippen LogP contribution is -2.46. The van der Waals surface area contributed by atoms with Crippen LogP contribution in [0.5, 0.6) is 11.5 Å². The number of likely N-dealkylation sites (tertiary alicyclic amines) is 2. The molecule has 2 aliphatic heterocycles. The summed E-state index contributed by atoms with van der Waals surface area (Å²) in [5, 5.41) is 11.4. The third-order valence-corrected chi connectivity index (χ3v) is 7.15. The predicted octanol–water partition coefficient (Wildman–Crippen LogP) is 4.38. The van der Waals surface area contributed by atoms with Crippen molar-refractivity contribution < 1.29 is 28.6 Å². The topological polar surface area (TPSA) is 92.4 Å². The highest BCUT2D eigenvalue weighted by Gasteiger charge is 2.50. The van der Waals surface area contributed by atoms with E-state index >= 15 is 0 Å². The van der Waals surface area contributed by atoms with Crippen LogP contribution in [0, 0.1) is 0 Å². The van der Waals surface area contributed by atoms with Crippen molar-refractivity contribution in [2.75, 3.05) is 27.3 Å². The van der Waals surface area contributed by atoms with E-state index in [0.717, 1.165) is 19.6 Å². The van der Waals surface area contributed by atoms with Crippen molar-refractivity contribution >= 4 is 17.4 Å². The molecule has 3 aromatic rings. The van der Waals surface area contributed by atoms with E-state index in [1.807, 2.05) is 18.2 Å². The Morgan fingerprint density at radius 3 is 2.41 bits per heavy atom. The Bertz CT molecular complexity index is 1290. The van der Waals surface area contributed by atoms with Gasteiger partial charge in [-0.25, -0.2) is 0 Å². The molecule has 0 radical (unpaired) electrons. The van der Waals surface area contributed by atoms with Gasteiger partial charge in [-0.15, -0.1) is 0 Å². The molecule has 8 nitrogen and oxygen atoms in total. The lowest BCUT2D eigenvalue weighted by molar-refractivity contribution is -0.142. The maximum absolute atomic E-state index is 13.4. The number of rotatable bonds is 7. The van der Waals surface area contributed by atoms with Gasteiger partial charge in [0, 0.05) is 25.7 Å². The summed E-state index contributed by atoms with van der Waals surface area (Å²) in [4.78, 5) is 30.8. The van der Waals surface area contributed by atoms with Crippen molar-refractivity contribution in [3.8, 4) is 11.5 Å². The second-order valence-electron chi connectivity index (χ2n) is 9.28. The molecule has 3 heterocycles. The van der Waals surface area contributed by atoms with Crippen LogP contribution < -0.4 is 9.47 Å². The largest absolute Gasteiger partial charge is 0.507 e. The average Bonchev–Trinajstić information content (AvgIpc) is 3.56. The number of carbonyl (C=O) groups excluding carboxylic acids is 2. The van der Waals surface area contributed by atoms with Crippen LogP contribution in [0.3, 0.4) is 0 Å². The first kappa shape index (κ1) is 24.6. The number of Topliss-reactive ketones (excluding diaryl/α,β-unsaturated/α-hetero) is 1. The summed E-state index contributed by atoms with van der Waals surface area (Å²) in [6.45, 7) is 2.41. The Balaban J connectivity index is 1.48. The second-order valence-corrected chi connectivity index (χ2v) is 9.28. The van der Waals surface area contributed by atoms with E-state index in [1.165, 1.54) is 26.0 Å². The molecule has 0 aliphatic carbocycles. The number of piperidine rings is 1. The van der Waals surface area contributed by atoms with E-state index in [-0.39, 0.29) is 22.9 Å². The normalized spacial score (nSPS) is 20.4. The molecular formula is C29H30N2O6. The number of ether oxygens (including phenoxy) is 2. The van der Waals surface area contributed by atoms with Crippen LogP contribution in [0.25, 0.3) is 5.76 Å². The van der Waals surface area contributed by atoms with Gasteiger partial charge in [0.1, 0.15) is 29.1 Å². The quantitative estimate of drug-likeness (QED) is 0.291. The summed E-state index contributed by atoms with van der Waals surface area (Å²) in [7, 11) is 2.99. The fourth-order valence-corrected chi connectivity index (χ4v) is 5.29. The van der Waals surface area contributed by atoms with Gasteiger partial charge in [0.2, 0.25) is 0 Å². The number of ketones is 1. The number of carbonyl (C=O) groups is 2. The minimum atomic E-state index is -0.836. The number of amides is 1. The molecule has 192 valence electrons. The van der Waals surface area contributed by atoms with Gasteiger partial charge in [0.25, 0.3) is 11.7 Å². The third kappa shape index (κ3) is 4.72. The Hall–Kier alpha value is -4.04. The molecule has 2 aromatic carbocycles. The van der Waals surface area contributed by atoms with E-state index in [1.54, 1.807) is 35.2 Å². The fraction of sp³-hybridized carbons (Fsp3) is 0.310. The van der Waals surface area contributed by atoms with Gasteiger partial charge in [0.05, 0.1) is 31.6 Å². The van der Waals surface area contributed by atoms with E-state index < -0.39 is 17.7 Å². The lowest BCUT2D eigenvalue weighted by atomic mass is 9.96. The Morgan fingerprint density at radius 2 is 1.76 bits per heavy atom. The molecule has 8 heteroatoms. The van der Waals surface area contributed by atoms with Crippen molar-refractivity contribution in [3.63, 3.8) is 0 Å². The van der Waals surface area contributed by atoms with Crippen LogP contribution in [0.15, 0.2) is 76.9 Å². The van der Waals surface area contributed by atoms with Crippen LogP contribution in [0.1, 0.15) is 35.8 Å². The third-order valence-electron chi connectivity index (χ3n) is 7.15. The standard InChI is InChI=1S/C29H30N2O6/c1-35-21-10-11-23(36-2)22(17-21)27(32)25-26(24-9-6-16-37-24)31(29(34)28(25)33)20-12-14-30(15-13-20)18-19-7-4-3-5-8-19/h3-11,16-17,20,26,32H,12-15,18H2,1-2H3/b27-25-. The number of methoxy groups -OCH3 is 2. The highest BCUT2D eigenvalue weighted by Crippen LogP contribution is 2.44. The van der Waals surface area contributed by atoms with Crippen molar-refractivity contribution in [3.05, 3.63) is 89.4 Å². The van der Waals surface area contributed by atoms with Gasteiger partial charge in [-0.2, -0.15) is 0 Å². The van der Waals surface area contributed by atoms with Gasteiger partial charge < -0.3 is 23.9 Å². The minimum absolute atomic E-state index is 0.0155. The maximum Gasteiger partial charge on any atom is 0.296 e. The Morgan fingerprint density at radius 1 is 1.00 bits per heavy atom. The summed E-state index contributed by atoms with van der Waals surface area (Å²) in [5.41, 5.74) is 1.50. The average molecular weight is 503 g/mol. The van der Waals surface area contributed by atoms with E-state index in [0.29, 0.717) is 30.1 Å². The van der Waals surface area contributed by atoms with Crippen LogP contribution in [0.4, 0.5) is 0 Å². The molecule has 1 amide bonds. The fourth-order valence-electron chi connectivity index (χ4n) is 5.29. The first-order valence-electron chi connectivity index (χ1n) is 12.3. The van der Waals surface area contributed by atoms with E-state index in [9.17, 15) is 14.7 Å². The number of hydrogen-bond acceptors (Lipinski definition) is 7. The lowest BCUT2D eigenvalue weighted by Gasteiger charge is -2.38. The van der Waals surface area contributed by atoms with Crippen molar-refractivity contribution in [2.24, 2.45) is 0 Å². The summed E-state index contributed by atoms with van der Waals surface area (Å²) in [5.74, 6) is -0.426. The van der Waals surface area contributed by atoms with Gasteiger partial charge in [-0.05, 0) is 48.7 Å². The number of benzene rings is 2. The Kier molecular flexibility index (Phi) is 7.01. The Labute approximate surface area is 215 Å². The monoisotopic (exact) mass is 502 g/mol. The maximum atomic E-state index is 13.4. The molecule has 0 bridgehead atoms. The number of hydrogen-bond donors (Lipinski definition) is 1. The van der Waals surface area contributed by atoms with Gasteiger partial charge in [-0.3, -0.25) is 14.5 Å². The zero-order chi connectivity index (χ0) is 25.9. The second kappa shape index (κ2) is 10.5. The summed E-state index contributed by atoms with van der Waals surface area (Å²) in [6, 6.07) is 17.6. The SMILES string of the molecule is COc1ccc(OC)c(/C(O)=C2/C(=O)C(=O)N(C3CCN(Cc4ccccc4)CC3)C2c2ccco2)c1. The summed E-state index contributed by atoms with van der Waals surface area (Å²) >= 11 is 0. The molecule has 5 rings (SSSR count). The molecule has 1 unspecified atom stereocenters. The number of nitrogens with zero attached hydrogens (tertiary/aromatic N) is 2. The molecular weight excluding hydrogens is 472 g/mol. The molecule has 2 aliphatic rings.